The first kappa shape index (κ1) is 26.2. The van der Waals surface area contributed by atoms with Crippen molar-refractivity contribution in [3.05, 3.63) is 23.8 Å². The number of aliphatic hydroxyl groups excluding tert-OH is 1. The van der Waals surface area contributed by atoms with Gasteiger partial charge >= 0.3 is 0 Å². The van der Waals surface area contributed by atoms with Crippen molar-refractivity contribution >= 4 is 0 Å². The summed E-state index contributed by atoms with van der Waals surface area (Å²) in [5.41, 5.74) is 0.303. The van der Waals surface area contributed by atoms with Crippen molar-refractivity contribution in [3.8, 4) is 17.6 Å². The molecule has 0 aromatic heterocycles. The summed E-state index contributed by atoms with van der Waals surface area (Å²) in [6.07, 6.45) is 1.56. The summed E-state index contributed by atoms with van der Waals surface area (Å²) in [5, 5.41) is 18.8. The Labute approximate surface area is 171 Å². The number of methoxy groups -OCH3 is 2. The van der Waals surface area contributed by atoms with Crippen molar-refractivity contribution in [2.45, 2.75) is 78.4 Å². The monoisotopic (exact) mass is 393 g/mol. The number of benzene rings is 1. The summed E-state index contributed by atoms with van der Waals surface area (Å²) >= 11 is 0. The SMILES string of the molecule is CC(C)OC(C)(C)C.COc1ccc(C(C#N)(CCCO)C(C)C)cc1OC. The molecule has 0 amide bonds. The predicted octanol–water partition coefficient (Wildman–Crippen LogP) is 5.10. The highest BCUT2D eigenvalue weighted by molar-refractivity contribution is 5.47. The van der Waals surface area contributed by atoms with Crippen LogP contribution in [0.2, 0.25) is 0 Å². The maximum absolute atomic E-state index is 9.71. The van der Waals surface area contributed by atoms with Crippen LogP contribution in [-0.2, 0) is 10.2 Å². The molecule has 1 atom stereocenters. The lowest BCUT2D eigenvalue weighted by atomic mass is 9.70. The Hall–Kier alpha value is -1.77. The topological polar surface area (TPSA) is 71.7 Å². The van der Waals surface area contributed by atoms with Crippen molar-refractivity contribution in [2.24, 2.45) is 5.92 Å². The quantitative estimate of drug-likeness (QED) is 0.665. The Morgan fingerprint density at radius 1 is 1.04 bits per heavy atom. The summed E-state index contributed by atoms with van der Waals surface area (Å²) < 4.78 is 16.0. The van der Waals surface area contributed by atoms with E-state index < -0.39 is 5.41 Å². The molecule has 160 valence electrons. The molecule has 1 N–H and O–H groups in total. The van der Waals surface area contributed by atoms with Crippen molar-refractivity contribution < 1.29 is 19.3 Å². The summed E-state index contributed by atoms with van der Waals surface area (Å²) in [6, 6.07) is 8.03. The van der Waals surface area contributed by atoms with Crippen molar-refractivity contribution in [1.82, 2.24) is 0 Å². The zero-order valence-corrected chi connectivity index (χ0v) is 19.1. The average molecular weight is 394 g/mol. The van der Waals surface area contributed by atoms with E-state index in [0.29, 0.717) is 30.4 Å². The molecule has 0 aliphatic rings. The molecule has 0 bridgehead atoms. The lowest BCUT2D eigenvalue weighted by Gasteiger charge is -2.31. The third kappa shape index (κ3) is 8.08. The molecular weight excluding hydrogens is 354 g/mol. The molecule has 0 aliphatic carbocycles. The minimum Gasteiger partial charge on any atom is -0.493 e. The molecule has 1 aromatic carbocycles. The van der Waals surface area contributed by atoms with Gasteiger partial charge in [-0.3, -0.25) is 0 Å². The number of nitriles is 1. The first-order chi connectivity index (χ1) is 13.0. The standard InChI is InChI=1S/C16H23NO3.C7H16O/c1-12(2)16(11-17,8-5-9-18)13-6-7-14(19-3)15(10-13)20-4;1-6(2)8-7(3,4)5/h6-7,10,12,18H,5,8-9H2,1-4H3;6H,1-5H3. The maximum atomic E-state index is 9.71. The number of hydrogen-bond acceptors (Lipinski definition) is 5. The molecule has 0 heterocycles. The second-order valence-electron chi connectivity index (χ2n) is 8.41. The fraction of sp³-hybridized carbons (Fsp3) is 0.696. The van der Waals surface area contributed by atoms with Gasteiger partial charge in [0, 0.05) is 6.61 Å². The number of hydrogen-bond donors (Lipinski definition) is 1. The zero-order chi connectivity index (χ0) is 22.0. The van der Waals surface area contributed by atoms with Crippen molar-refractivity contribution in [1.29, 1.82) is 5.26 Å². The van der Waals surface area contributed by atoms with E-state index >= 15 is 0 Å². The van der Waals surface area contributed by atoms with Gasteiger partial charge in [-0.15, -0.1) is 0 Å². The highest BCUT2D eigenvalue weighted by Crippen LogP contribution is 2.40. The Morgan fingerprint density at radius 2 is 1.61 bits per heavy atom. The number of rotatable bonds is 8. The fourth-order valence-corrected chi connectivity index (χ4v) is 3.19. The molecule has 0 radical (unpaired) electrons. The van der Waals surface area contributed by atoms with E-state index in [9.17, 15) is 5.26 Å². The van der Waals surface area contributed by atoms with Gasteiger partial charge in [-0.05, 0) is 71.1 Å². The van der Waals surface area contributed by atoms with Crippen LogP contribution in [0.1, 0.15) is 66.9 Å². The van der Waals surface area contributed by atoms with E-state index in [0.717, 1.165) is 5.56 Å². The molecule has 1 aromatic rings. The predicted molar refractivity (Wildman–Crippen MR) is 114 cm³/mol. The van der Waals surface area contributed by atoms with Crippen LogP contribution in [0.25, 0.3) is 0 Å². The Bertz CT molecular complexity index is 614. The molecule has 0 saturated heterocycles. The molecule has 0 aliphatic heterocycles. The summed E-state index contributed by atoms with van der Waals surface area (Å²) in [7, 11) is 3.17. The van der Waals surface area contributed by atoms with Gasteiger partial charge in [0.1, 0.15) is 0 Å². The number of ether oxygens (including phenoxy) is 3. The zero-order valence-electron chi connectivity index (χ0n) is 19.1. The minimum absolute atomic E-state index is 0.0220. The van der Waals surface area contributed by atoms with Gasteiger partial charge in [0.15, 0.2) is 11.5 Å². The van der Waals surface area contributed by atoms with Gasteiger partial charge in [0.2, 0.25) is 0 Å². The van der Waals surface area contributed by atoms with Crippen LogP contribution in [0, 0.1) is 17.2 Å². The van der Waals surface area contributed by atoms with E-state index in [1.165, 1.54) is 0 Å². The molecule has 0 spiro atoms. The maximum Gasteiger partial charge on any atom is 0.161 e. The highest BCUT2D eigenvalue weighted by atomic mass is 16.5. The summed E-state index contributed by atoms with van der Waals surface area (Å²) in [4.78, 5) is 0. The third-order valence-corrected chi connectivity index (χ3v) is 4.40. The van der Waals surface area contributed by atoms with Crippen LogP contribution >= 0.6 is 0 Å². The van der Waals surface area contributed by atoms with Crippen molar-refractivity contribution in [3.63, 3.8) is 0 Å². The summed E-state index contributed by atoms with van der Waals surface area (Å²) in [5.74, 6) is 1.40. The fourth-order valence-electron chi connectivity index (χ4n) is 3.19. The lowest BCUT2D eigenvalue weighted by molar-refractivity contribution is -0.0424. The van der Waals surface area contributed by atoms with Crippen LogP contribution in [0.4, 0.5) is 0 Å². The largest absolute Gasteiger partial charge is 0.493 e. The van der Waals surface area contributed by atoms with Crippen LogP contribution in [-0.4, -0.2) is 37.6 Å². The Kier molecular flexibility index (Phi) is 11.2. The molecule has 5 nitrogen and oxygen atoms in total. The van der Waals surface area contributed by atoms with Crippen molar-refractivity contribution in [2.75, 3.05) is 20.8 Å². The highest BCUT2D eigenvalue weighted by Gasteiger charge is 2.36. The minimum atomic E-state index is -0.623. The van der Waals surface area contributed by atoms with Gasteiger partial charge in [0.25, 0.3) is 0 Å². The molecular formula is C23H39NO4. The van der Waals surface area contributed by atoms with E-state index in [-0.39, 0.29) is 18.1 Å². The normalized spacial score (nSPS) is 13.4. The van der Waals surface area contributed by atoms with Crippen LogP contribution < -0.4 is 9.47 Å². The lowest BCUT2D eigenvalue weighted by Crippen LogP contribution is -2.31. The molecule has 1 unspecified atom stereocenters. The first-order valence-electron chi connectivity index (χ1n) is 9.89. The van der Waals surface area contributed by atoms with Gasteiger partial charge in [-0.1, -0.05) is 19.9 Å². The van der Waals surface area contributed by atoms with Crippen LogP contribution in [0.5, 0.6) is 11.5 Å². The average Bonchev–Trinajstić information content (AvgIpc) is 2.60. The molecule has 5 heteroatoms. The van der Waals surface area contributed by atoms with Gasteiger partial charge in [-0.25, -0.2) is 0 Å². The Balaban J connectivity index is 0.000000769. The smallest absolute Gasteiger partial charge is 0.161 e. The van der Waals surface area contributed by atoms with Gasteiger partial charge in [0.05, 0.1) is 37.4 Å². The first-order valence-corrected chi connectivity index (χ1v) is 9.89. The third-order valence-electron chi connectivity index (χ3n) is 4.40. The molecule has 0 fully saturated rings. The Morgan fingerprint density at radius 3 is 1.93 bits per heavy atom. The molecule has 28 heavy (non-hydrogen) atoms. The molecule has 0 saturated carbocycles. The van der Waals surface area contributed by atoms with E-state index in [1.54, 1.807) is 14.2 Å². The second kappa shape index (κ2) is 11.9. The van der Waals surface area contributed by atoms with E-state index in [1.807, 2.05) is 45.9 Å². The van der Waals surface area contributed by atoms with Gasteiger partial charge < -0.3 is 19.3 Å². The van der Waals surface area contributed by atoms with Crippen LogP contribution in [0.3, 0.4) is 0 Å². The number of nitrogens with zero attached hydrogens (tertiary/aromatic N) is 1. The second-order valence-corrected chi connectivity index (χ2v) is 8.41. The number of aliphatic hydroxyl groups is 1. The summed E-state index contributed by atoms with van der Waals surface area (Å²) in [6.45, 7) is 14.4. The van der Waals surface area contributed by atoms with E-state index in [2.05, 4.69) is 26.8 Å². The van der Waals surface area contributed by atoms with E-state index in [4.69, 9.17) is 19.3 Å². The van der Waals surface area contributed by atoms with Gasteiger partial charge in [-0.2, -0.15) is 5.26 Å². The van der Waals surface area contributed by atoms with Crippen LogP contribution in [0.15, 0.2) is 18.2 Å². The molecule has 1 rings (SSSR count).